The average molecular weight is 375 g/mol. The Morgan fingerprint density at radius 2 is 2.17 bits per heavy atom. The van der Waals surface area contributed by atoms with Crippen molar-refractivity contribution >= 4 is 33.3 Å². The molecule has 0 aliphatic carbocycles. The number of hydrogen-bond donors (Lipinski definition) is 1. The zero-order chi connectivity index (χ0) is 16.2. The summed E-state index contributed by atoms with van der Waals surface area (Å²) in [7, 11) is 0. The first-order chi connectivity index (χ1) is 11.1. The number of carbonyl (C=O) groups excluding carboxylic acids is 1. The van der Waals surface area contributed by atoms with E-state index in [1.807, 2.05) is 29.2 Å². The molecule has 1 aromatic heterocycles. The topological polar surface area (TPSA) is 58.1 Å². The molecule has 1 fully saturated rings. The number of hydrogen-bond acceptors (Lipinski definition) is 4. The predicted octanol–water partition coefficient (Wildman–Crippen LogP) is 3.85. The van der Waals surface area contributed by atoms with E-state index in [0.29, 0.717) is 17.4 Å². The molecule has 1 aliphatic heterocycles. The molecule has 120 valence electrons. The molecule has 23 heavy (non-hydrogen) atoms. The Bertz CT molecular complexity index is 706. The van der Waals surface area contributed by atoms with Crippen molar-refractivity contribution in [2.45, 2.75) is 19.8 Å². The monoisotopic (exact) mass is 374 g/mol. The lowest BCUT2D eigenvalue weighted by atomic mass is 10.00. The van der Waals surface area contributed by atoms with Crippen molar-refractivity contribution in [2.75, 3.05) is 18.4 Å². The first kappa shape index (κ1) is 15.9. The SMILES string of the molecule is CC1CCCN(C(=O)c2cc(Nc3ccccc3Br)ncn2)C1. The van der Waals surface area contributed by atoms with Gasteiger partial charge >= 0.3 is 0 Å². The Morgan fingerprint density at radius 3 is 2.96 bits per heavy atom. The number of halogens is 1. The second-order valence-electron chi connectivity index (χ2n) is 5.89. The molecule has 0 bridgehead atoms. The summed E-state index contributed by atoms with van der Waals surface area (Å²) in [6, 6.07) is 9.49. The third-order valence-electron chi connectivity index (χ3n) is 3.97. The lowest BCUT2D eigenvalue weighted by Gasteiger charge is -2.30. The Labute approximate surface area is 144 Å². The summed E-state index contributed by atoms with van der Waals surface area (Å²) in [5.74, 6) is 1.14. The van der Waals surface area contributed by atoms with Gasteiger partial charge < -0.3 is 10.2 Å². The molecule has 2 aromatic rings. The Hall–Kier alpha value is -1.95. The van der Waals surface area contributed by atoms with Crippen LogP contribution in [0.15, 0.2) is 41.1 Å². The van der Waals surface area contributed by atoms with Gasteiger partial charge in [-0.2, -0.15) is 0 Å². The highest BCUT2D eigenvalue weighted by molar-refractivity contribution is 9.10. The number of para-hydroxylation sites is 1. The third-order valence-corrected chi connectivity index (χ3v) is 4.66. The number of carbonyl (C=O) groups is 1. The van der Waals surface area contributed by atoms with Crippen LogP contribution in [0.3, 0.4) is 0 Å². The smallest absolute Gasteiger partial charge is 0.272 e. The van der Waals surface area contributed by atoms with Crippen molar-refractivity contribution in [1.29, 1.82) is 0 Å². The van der Waals surface area contributed by atoms with E-state index < -0.39 is 0 Å². The highest BCUT2D eigenvalue weighted by Crippen LogP contribution is 2.25. The minimum absolute atomic E-state index is 0.0193. The molecule has 1 amide bonds. The molecule has 2 heterocycles. The number of piperidine rings is 1. The maximum absolute atomic E-state index is 12.6. The van der Waals surface area contributed by atoms with Gasteiger partial charge in [-0.05, 0) is 46.8 Å². The van der Waals surface area contributed by atoms with E-state index >= 15 is 0 Å². The zero-order valence-electron chi connectivity index (χ0n) is 13.0. The van der Waals surface area contributed by atoms with Crippen LogP contribution in [-0.4, -0.2) is 33.9 Å². The van der Waals surface area contributed by atoms with Crippen LogP contribution in [0, 0.1) is 5.92 Å². The molecule has 1 unspecified atom stereocenters. The maximum atomic E-state index is 12.6. The zero-order valence-corrected chi connectivity index (χ0v) is 14.6. The first-order valence-corrected chi connectivity index (χ1v) is 8.55. The lowest BCUT2D eigenvalue weighted by molar-refractivity contribution is 0.0677. The number of likely N-dealkylation sites (tertiary alicyclic amines) is 1. The third kappa shape index (κ3) is 3.88. The van der Waals surface area contributed by atoms with Gasteiger partial charge in [0.05, 0.1) is 5.69 Å². The number of rotatable bonds is 3. The summed E-state index contributed by atoms with van der Waals surface area (Å²) in [6.07, 6.45) is 3.67. The Kier molecular flexibility index (Phi) is 4.91. The van der Waals surface area contributed by atoms with Crippen LogP contribution in [0.2, 0.25) is 0 Å². The number of aromatic nitrogens is 2. The fraction of sp³-hybridized carbons (Fsp3) is 0.353. The molecule has 1 saturated heterocycles. The van der Waals surface area contributed by atoms with Gasteiger partial charge in [-0.15, -0.1) is 0 Å². The van der Waals surface area contributed by atoms with Crippen molar-refractivity contribution in [3.8, 4) is 0 Å². The molecule has 0 radical (unpaired) electrons. The maximum Gasteiger partial charge on any atom is 0.272 e. The molecular formula is C17H19BrN4O. The van der Waals surface area contributed by atoms with Gasteiger partial charge in [-0.1, -0.05) is 19.1 Å². The van der Waals surface area contributed by atoms with Gasteiger partial charge in [0.1, 0.15) is 17.8 Å². The van der Waals surface area contributed by atoms with Crippen LogP contribution in [0.4, 0.5) is 11.5 Å². The lowest BCUT2D eigenvalue weighted by Crippen LogP contribution is -2.39. The summed E-state index contributed by atoms with van der Waals surface area (Å²) in [6.45, 7) is 3.79. The van der Waals surface area contributed by atoms with E-state index in [0.717, 1.165) is 29.7 Å². The van der Waals surface area contributed by atoms with E-state index in [2.05, 4.69) is 38.1 Å². The second kappa shape index (κ2) is 7.08. The van der Waals surface area contributed by atoms with Gasteiger partial charge in [-0.3, -0.25) is 4.79 Å². The van der Waals surface area contributed by atoms with E-state index in [4.69, 9.17) is 0 Å². The number of anilines is 2. The Balaban J connectivity index is 1.77. The van der Waals surface area contributed by atoms with E-state index in [9.17, 15) is 4.79 Å². The first-order valence-electron chi connectivity index (χ1n) is 7.76. The fourth-order valence-corrected chi connectivity index (χ4v) is 3.16. The molecule has 3 rings (SSSR count). The molecule has 5 nitrogen and oxygen atoms in total. The molecular weight excluding hydrogens is 356 g/mol. The number of nitrogens with zero attached hydrogens (tertiary/aromatic N) is 3. The highest BCUT2D eigenvalue weighted by Gasteiger charge is 2.23. The normalized spacial score (nSPS) is 17.8. The van der Waals surface area contributed by atoms with Crippen molar-refractivity contribution in [3.05, 3.63) is 46.8 Å². The minimum Gasteiger partial charge on any atom is -0.339 e. The van der Waals surface area contributed by atoms with Crippen LogP contribution in [-0.2, 0) is 0 Å². The van der Waals surface area contributed by atoms with Crippen LogP contribution in [0.25, 0.3) is 0 Å². The average Bonchev–Trinajstić information content (AvgIpc) is 2.56. The van der Waals surface area contributed by atoms with Gasteiger partial charge in [0.15, 0.2) is 0 Å². The predicted molar refractivity (Wildman–Crippen MR) is 93.8 cm³/mol. The van der Waals surface area contributed by atoms with Gasteiger partial charge in [0.2, 0.25) is 0 Å². The quantitative estimate of drug-likeness (QED) is 0.885. The van der Waals surface area contributed by atoms with Crippen molar-refractivity contribution in [2.24, 2.45) is 5.92 Å². The molecule has 1 aliphatic rings. The molecule has 1 atom stereocenters. The van der Waals surface area contributed by atoms with Crippen LogP contribution in [0.5, 0.6) is 0 Å². The molecule has 1 N–H and O–H groups in total. The summed E-state index contributed by atoms with van der Waals surface area (Å²) in [5, 5.41) is 3.21. The van der Waals surface area contributed by atoms with E-state index in [-0.39, 0.29) is 5.91 Å². The van der Waals surface area contributed by atoms with Gasteiger partial charge in [0, 0.05) is 23.6 Å². The Morgan fingerprint density at radius 1 is 1.35 bits per heavy atom. The summed E-state index contributed by atoms with van der Waals surface area (Å²) in [5.41, 5.74) is 1.33. The number of amides is 1. The van der Waals surface area contributed by atoms with Crippen LogP contribution < -0.4 is 5.32 Å². The van der Waals surface area contributed by atoms with Gasteiger partial charge in [0.25, 0.3) is 5.91 Å². The molecule has 0 spiro atoms. The van der Waals surface area contributed by atoms with Crippen LogP contribution >= 0.6 is 15.9 Å². The molecule has 0 saturated carbocycles. The highest BCUT2D eigenvalue weighted by atomic mass is 79.9. The van der Waals surface area contributed by atoms with Crippen molar-refractivity contribution < 1.29 is 4.79 Å². The largest absolute Gasteiger partial charge is 0.339 e. The summed E-state index contributed by atoms with van der Waals surface area (Å²) in [4.78, 5) is 22.9. The van der Waals surface area contributed by atoms with Gasteiger partial charge in [-0.25, -0.2) is 9.97 Å². The van der Waals surface area contributed by atoms with E-state index in [1.165, 1.54) is 12.7 Å². The van der Waals surface area contributed by atoms with E-state index in [1.54, 1.807) is 6.07 Å². The standard InChI is InChI=1S/C17H19BrN4O/c1-12-5-4-8-22(10-12)17(23)15-9-16(20-11-19-15)21-14-7-3-2-6-13(14)18/h2-3,6-7,9,11-12H,4-5,8,10H2,1H3,(H,19,20,21). The minimum atomic E-state index is -0.0193. The summed E-state index contributed by atoms with van der Waals surface area (Å²) < 4.78 is 0.941. The van der Waals surface area contributed by atoms with Crippen molar-refractivity contribution in [3.63, 3.8) is 0 Å². The summed E-state index contributed by atoms with van der Waals surface area (Å²) >= 11 is 3.49. The molecule has 1 aromatic carbocycles. The fourth-order valence-electron chi connectivity index (χ4n) is 2.78. The van der Waals surface area contributed by atoms with Crippen molar-refractivity contribution in [1.82, 2.24) is 14.9 Å². The van der Waals surface area contributed by atoms with Crippen LogP contribution in [0.1, 0.15) is 30.3 Å². The molecule has 6 heteroatoms. The second-order valence-corrected chi connectivity index (χ2v) is 6.75. The number of benzene rings is 1. The number of nitrogens with one attached hydrogen (secondary N) is 1.